The second kappa shape index (κ2) is 4.87. The van der Waals surface area contributed by atoms with Gasteiger partial charge in [0.1, 0.15) is 5.69 Å². The highest BCUT2D eigenvalue weighted by atomic mass is 35.5. The van der Waals surface area contributed by atoms with Crippen molar-refractivity contribution in [3.63, 3.8) is 0 Å². The minimum atomic E-state index is 0.378. The topological polar surface area (TPSA) is 50.7 Å². The molecule has 3 rings (SSSR count). The van der Waals surface area contributed by atoms with E-state index in [2.05, 4.69) is 34.1 Å². The third-order valence-corrected chi connectivity index (χ3v) is 3.45. The third-order valence-electron chi connectivity index (χ3n) is 3.22. The van der Waals surface area contributed by atoms with E-state index in [9.17, 15) is 0 Å². The van der Waals surface area contributed by atoms with E-state index >= 15 is 0 Å². The van der Waals surface area contributed by atoms with Gasteiger partial charge in [-0.3, -0.25) is 4.98 Å². The van der Waals surface area contributed by atoms with Crippen molar-refractivity contribution in [3.8, 4) is 11.5 Å². The number of halogens is 1. The van der Waals surface area contributed by atoms with Crippen LogP contribution in [-0.4, -0.2) is 15.0 Å². The van der Waals surface area contributed by atoms with Gasteiger partial charge in [-0.1, -0.05) is 25.4 Å². The van der Waals surface area contributed by atoms with Gasteiger partial charge < -0.3 is 5.32 Å². The van der Waals surface area contributed by atoms with Crippen LogP contribution >= 0.6 is 11.6 Å². The number of fused-ring (bicyclic) bond motifs is 1. The summed E-state index contributed by atoms with van der Waals surface area (Å²) >= 11 is 5.86. The average molecular weight is 275 g/mol. The van der Waals surface area contributed by atoms with Gasteiger partial charge in [0.25, 0.3) is 0 Å². The maximum Gasteiger partial charge on any atom is 0.178 e. The Labute approximate surface area is 117 Å². The Morgan fingerprint density at radius 1 is 1.21 bits per heavy atom. The minimum absolute atomic E-state index is 0.378. The number of rotatable bonds is 2. The van der Waals surface area contributed by atoms with Gasteiger partial charge in [0, 0.05) is 24.8 Å². The van der Waals surface area contributed by atoms with Crippen molar-refractivity contribution < 1.29 is 0 Å². The first kappa shape index (κ1) is 12.5. The fraction of sp³-hybridized carbons (Fsp3) is 0.357. The zero-order chi connectivity index (χ0) is 13.4. The zero-order valence-electron chi connectivity index (χ0n) is 10.9. The first-order chi connectivity index (χ1) is 9.15. The van der Waals surface area contributed by atoms with E-state index in [1.165, 1.54) is 5.56 Å². The lowest BCUT2D eigenvalue weighted by Gasteiger charge is -2.11. The molecule has 2 aromatic heterocycles. The van der Waals surface area contributed by atoms with Crippen LogP contribution in [0.5, 0.6) is 0 Å². The van der Waals surface area contributed by atoms with E-state index in [4.69, 9.17) is 11.6 Å². The maximum absolute atomic E-state index is 5.86. The number of hydrogen-bond acceptors (Lipinski definition) is 4. The first-order valence-electron chi connectivity index (χ1n) is 6.37. The largest absolute Gasteiger partial charge is 0.307 e. The lowest BCUT2D eigenvalue weighted by Crippen LogP contribution is -2.05. The SMILES string of the molecule is CC(C)c1nc(-c2ccc(Cl)cn2)nc2c1CNC2. The van der Waals surface area contributed by atoms with Crippen LogP contribution in [0.2, 0.25) is 5.02 Å². The van der Waals surface area contributed by atoms with Crippen LogP contribution in [0, 0.1) is 0 Å². The summed E-state index contributed by atoms with van der Waals surface area (Å²) in [6.07, 6.45) is 1.63. The van der Waals surface area contributed by atoms with Crippen LogP contribution in [0.4, 0.5) is 0 Å². The van der Waals surface area contributed by atoms with Gasteiger partial charge in [0.2, 0.25) is 0 Å². The van der Waals surface area contributed by atoms with Crippen molar-refractivity contribution in [2.24, 2.45) is 0 Å². The monoisotopic (exact) mass is 274 g/mol. The van der Waals surface area contributed by atoms with Gasteiger partial charge >= 0.3 is 0 Å². The predicted octanol–water partition coefficient (Wildman–Crippen LogP) is 2.92. The molecule has 0 saturated carbocycles. The number of nitrogens with one attached hydrogen (secondary N) is 1. The Hall–Kier alpha value is -1.52. The number of pyridine rings is 1. The van der Waals surface area contributed by atoms with Crippen LogP contribution in [0.3, 0.4) is 0 Å². The maximum atomic E-state index is 5.86. The highest BCUT2D eigenvalue weighted by Crippen LogP contribution is 2.26. The van der Waals surface area contributed by atoms with Gasteiger partial charge in [-0.15, -0.1) is 0 Å². The summed E-state index contributed by atoms with van der Waals surface area (Å²) in [6, 6.07) is 3.67. The molecule has 0 saturated heterocycles. The van der Waals surface area contributed by atoms with Crippen LogP contribution in [0.1, 0.15) is 36.7 Å². The smallest absolute Gasteiger partial charge is 0.178 e. The standard InChI is InChI=1S/C14H15ClN4/c1-8(2)13-10-6-16-7-12(10)18-14(19-13)11-4-3-9(15)5-17-11/h3-5,8,16H,6-7H2,1-2H3. The van der Waals surface area contributed by atoms with Gasteiger partial charge in [0.15, 0.2) is 5.82 Å². The zero-order valence-corrected chi connectivity index (χ0v) is 11.7. The van der Waals surface area contributed by atoms with Gasteiger partial charge in [0.05, 0.1) is 16.4 Å². The van der Waals surface area contributed by atoms with E-state index in [1.54, 1.807) is 6.20 Å². The van der Waals surface area contributed by atoms with Crippen molar-refractivity contribution in [3.05, 3.63) is 40.3 Å². The molecule has 0 atom stereocenters. The molecule has 0 aliphatic carbocycles. The molecule has 19 heavy (non-hydrogen) atoms. The van der Waals surface area contributed by atoms with Gasteiger partial charge in [-0.05, 0) is 18.1 Å². The Morgan fingerprint density at radius 3 is 2.74 bits per heavy atom. The second-order valence-corrected chi connectivity index (χ2v) is 5.41. The van der Waals surface area contributed by atoms with Crippen molar-refractivity contribution in [1.82, 2.24) is 20.3 Å². The van der Waals surface area contributed by atoms with Gasteiger partial charge in [-0.2, -0.15) is 0 Å². The summed E-state index contributed by atoms with van der Waals surface area (Å²) in [6.45, 7) is 5.97. The highest BCUT2D eigenvalue weighted by Gasteiger charge is 2.21. The third kappa shape index (κ3) is 2.33. The Morgan fingerprint density at radius 2 is 2.05 bits per heavy atom. The van der Waals surface area contributed by atoms with Crippen molar-refractivity contribution >= 4 is 11.6 Å². The van der Waals surface area contributed by atoms with E-state index in [0.29, 0.717) is 16.8 Å². The molecule has 2 aromatic rings. The van der Waals surface area contributed by atoms with Crippen LogP contribution in [-0.2, 0) is 13.1 Å². The molecule has 1 N–H and O–H groups in total. The van der Waals surface area contributed by atoms with Crippen LogP contribution < -0.4 is 5.32 Å². The molecule has 1 aliphatic rings. The molecule has 4 nitrogen and oxygen atoms in total. The molecule has 0 radical (unpaired) electrons. The van der Waals surface area contributed by atoms with E-state index in [-0.39, 0.29) is 0 Å². The molecule has 5 heteroatoms. The molecule has 0 unspecified atom stereocenters. The minimum Gasteiger partial charge on any atom is -0.307 e. The average Bonchev–Trinajstić information content (AvgIpc) is 2.86. The van der Waals surface area contributed by atoms with Crippen LogP contribution in [0.15, 0.2) is 18.3 Å². The lowest BCUT2D eigenvalue weighted by atomic mass is 10.0. The highest BCUT2D eigenvalue weighted by molar-refractivity contribution is 6.30. The molecule has 0 spiro atoms. The van der Waals surface area contributed by atoms with Crippen molar-refractivity contribution in [1.29, 1.82) is 0 Å². The normalized spacial score (nSPS) is 13.9. The summed E-state index contributed by atoms with van der Waals surface area (Å²) in [5.74, 6) is 1.06. The second-order valence-electron chi connectivity index (χ2n) is 4.98. The summed E-state index contributed by atoms with van der Waals surface area (Å²) in [5.41, 5.74) is 4.21. The molecule has 0 aromatic carbocycles. The number of nitrogens with zero attached hydrogens (tertiary/aromatic N) is 3. The molecular weight excluding hydrogens is 260 g/mol. The molecule has 0 amide bonds. The number of hydrogen-bond donors (Lipinski definition) is 1. The fourth-order valence-corrected chi connectivity index (χ4v) is 2.41. The Kier molecular flexibility index (Phi) is 3.21. The Balaban J connectivity index is 2.12. The van der Waals surface area contributed by atoms with E-state index in [1.807, 2.05) is 12.1 Å². The fourth-order valence-electron chi connectivity index (χ4n) is 2.29. The first-order valence-corrected chi connectivity index (χ1v) is 6.75. The quantitative estimate of drug-likeness (QED) is 0.915. The van der Waals surface area contributed by atoms with E-state index < -0.39 is 0 Å². The number of aromatic nitrogens is 3. The molecule has 98 valence electrons. The molecular formula is C14H15ClN4. The summed E-state index contributed by atoms with van der Waals surface area (Å²) in [5, 5.41) is 3.95. The predicted molar refractivity (Wildman–Crippen MR) is 74.9 cm³/mol. The molecule has 1 aliphatic heterocycles. The molecule has 0 bridgehead atoms. The molecule has 3 heterocycles. The summed E-state index contributed by atoms with van der Waals surface area (Å²) in [7, 11) is 0. The van der Waals surface area contributed by atoms with Crippen molar-refractivity contribution in [2.45, 2.75) is 32.9 Å². The summed E-state index contributed by atoms with van der Waals surface area (Å²) in [4.78, 5) is 13.6. The van der Waals surface area contributed by atoms with Gasteiger partial charge in [-0.25, -0.2) is 9.97 Å². The summed E-state index contributed by atoms with van der Waals surface area (Å²) < 4.78 is 0. The Bertz CT molecular complexity index is 608. The van der Waals surface area contributed by atoms with Crippen LogP contribution in [0.25, 0.3) is 11.5 Å². The van der Waals surface area contributed by atoms with Crippen molar-refractivity contribution in [2.75, 3.05) is 0 Å². The molecule has 0 fully saturated rings. The lowest BCUT2D eigenvalue weighted by molar-refractivity contribution is 0.746. The van der Waals surface area contributed by atoms with E-state index in [0.717, 1.165) is 30.2 Å².